The highest BCUT2D eigenvalue weighted by atomic mass is 16.4. The zero-order chi connectivity index (χ0) is 12.4. The summed E-state index contributed by atoms with van der Waals surface area (Å²) in [4.78, 5) is 10.7. The molecule has 1 saturated carbocycles. The fourth-order valence-electron chi connectivity index (χ4n) is 1.94. The van der Waals surface area contributed by atoms with Gasteiger partial charge in [-0.25, -0.2) is 4.68 Å². The Morgan fingerprint density at radius 3 is 2.82 bits per heavy atom. The number of carboxylic acid groups (broad SMARTS) is 1. The molecule has 2 atom stereocenters. The molecule has 0 aliphatic heterocycles. The van der Waals surface area contributed by atoms with Crippen LogP contribution >= 0.6 is 0 Å². The van der Waals surface area contributed by atoms with E-state index in [1.165, 1.54) is 12.8 Å². The summed E-state index contributed by atoms with van der Waals surface area (Å²) in [5.41, 5.74) is 0. The van der Waals surface area contributed by atoms with Crippen molar-refractivity contribution in [1.82, 2.24) is 20.2 Å². The van der Waals surface area contributed by atoms with E-state index in [1.54, 1.807) is 11.6 Å². The molecule has 1 N–H and O–H groups in total. The molecular weight excluding hydrogens is 220 g/mol. The minimum Gasteiger partial charge on any atom is -0.481 e. The Morgan fingerprint density at radius 2 is 2.24 bits per heavy atom. The van der Waals surface area contributed by atoms with E-state index in [4.69, 9.17) is 5.11 Å². The van der Waals surface area contributed by atoms with E-state index in [0.717, 1.165) is 5.82 Å². The number of hydrogen-bond donors (Lipinski definition) is 1. The number of aromatic nitrogens is 4. The Balaban J connectivity index is 1.96. The molecule has 94 valence electrons. The Hall–Kier alpha value is -1.46. The van der Waals surface area contributed by atoms with Gasteiger partial charge in [-0.15, -0.1) is 5.10 Å². The molecule has 1 aliphatic rings. The van der Waals surface area contributed by atoms with E-state index in [2.05, 4.69) is 22.4 Å². The van der Waals surface area contributed by atoms with Crippen molar-refractivity contribution in [2.24, 2.45) is 11.8 Å². The summed E-state index contributed by atoms with van der Waals surface area (Å²) in [5.74, 6) is 0.852. The van der Waals surface area contributed by atoms with Crippen LogP contribution < -0.4 is 0 Å². The second kappa shape index (κ2) is 4.81. The van der Waals surface area contributed by atoms with Crippen LogP contribution in [-0.4, -0.2) is 31.3 Å². The van der Waals surface area contributed by atoms with Crippen LogP contribution in [0.15, 0.2) is 0 Å². The Labute approximate surface area is 100 Å². The highest BCUT2D eigenvalue weighted by Crippen LogP contribution is 2.41. The Kier molecular flexibility index (Phi) is 3.40. The first-order valence-electron chi connectivity index (χ1n) is 6.08. The zero-order valence-electron chi connectivity index (χ0n) is 10.2. The van der Waals surface area contributed by atoms with Gasteiger partial charge in [0.05, 0.1) is 5.92 Å². The van der Waals surface area contributed by atoms with Gasteiger partial charge in [-0.05, 0) is 35.6 Å². The summed E-state index contributed by atoms with van der Waals surface area (Å²) < 4.78 is 1.75. The SMILES string of the molecule is CC(CCn1nnnc1C(C)C1CC1)C(=O)O. The molecule has 0 saturated heterocycles. The summed E-state index contributed by atoms with van der Waals surface area (Å²) in [6.07, 6.45) is 3.06. The summed E-state index contributed by atoms with van der Waals surface area (Å²) in [6, 6.07) is 0. The van der Waals surface area contributed by atoms with E-state index < -0.39 is 5.97 Å². The molecule has 6 heteroatoms. The molecule has 0 spiro atoms. The maximum atomic E-state index is 10.7. The van der Waals surface area contributed by atoms with Crippen LogP contribution in [0.5, 0.6) is 0 Å². The normalized spacial score (nSPS) is 18.9. The van der Waals surface area contributed by atoms with Crippen molar-refractivity contribution in [2.45, 2.75) is 45.6 Å². The van der Waals surface area contributed by atoms with E-state index in [1.807, 2.05) is 0 Å². The summed E-state index contributed by atoms with van der Waals surface area (Å²) in [5, 5.41) is 20.5. The van der Waals surface area contributed by atoms with Crippen LogP contribution in [0.25, 0.3) is 0 Å². The van der Waals surface area contributed by atoms with Gasteiger partial charge in [0.2, 0.25) is 0 Å². The number of aliphatic carboxylic acids is 1. The first-order valence-corrected chi connectivity index (χ1v) is 6.08. The average Bonchev–Trinajstić information content (AvgIpc) is 3.04. The highest BCUT2D eigenvalue weighted by Gasteiger charge is 2.32. The van der Waals surface area contributed by atoms with Crippen molar-refractivity contribution in [3.8, 4) is 0 Å². The minimum absolute atomic E-state index is 0.358. The van der Waals surface area contributed by atoms with Crippen molar-refractivity contribution >= 4 is 5.97 Å². The molecule has 1 heterocycles. The number of nitrogens with zero attached hydrogens (tertiary/aromatic N) is 4. The molecule has 1 fully saturated rings. The van der Waals surface area contributed by atoms with Crippen LogP contribution in [0, 0.1) is 11.8 Å². The lowest BCUT2D eigenvalue weighted by molar-refractivity contribution is -0.141. The monoisotopic (exact) mass is 238 g/mol. The van der Waals surface area contributed by atoms with Crippen LogP contribution in [0.4, 0.5) is 0 Å². The van der Waals surface area contributed by atoms with Crippen molar-refractivity contribution < 1.29 is 9.90 Å². The highest BCUT2D eigenvalue weighted by molar-refractivity contribution is 5.69. The molecule has 0 amide bonds. The molecule has 6 nitrogen and oxygen atoms in total. The van der Waals surface area contributed by atoms with Crippen molar-refractivity contribution in [3.05, 3.63) is 5.82 Å². The summed E-state index contributed by atoms with van der Waals surface area (Å²) >= 11 is 0. The second-order valence-corrected chi connectivity index (χ2v) is 4.91. The topological polar surface area (TPSA) is 80.9 Å². The van der Waals surface area contributed by atoms with Crippen LogP contribution in [0.1, 0.15) is 44.9 Å². The quantitative estimate of drug-likeness (QED) is 0.807. The van der Waals surface area contributed by atoms with E-state index in [0.29, 0.717) is 24.8 Å². The van der Waals surface area contributed by atoms with Gasteiger partial charge in [-0.3, -0.25) is 4.79 Å². The zero-order valence-corrected chi connectivity index (χ0v) is 10.2. The first kappa shape index (κ1) is 12.0. The first-order chi connectivity index (χ1) is 8.09. The molecule has 17 heavy (non-hydrogen) atoms. The predicted molar refractivity (Wildman–Crippen MR) is 60.4 cm³/mol. The number of rotatable bonds is 6. The van der Waals surface area contributed by atoms with Gasteiger partial charge < -0.3 is 5.11 Å². The van der Waals surface area contributed by atoms with Crippen LogP contribution in [0.3, 0.4) is 0 Å². The lowest BCUT2D eigenvalue weighted by atomic mass is 10.1. The van der Waals surface area contributed by atoms with Crippen LogP contribution in [0.2, 0.25) is 0 Å². The third kappa shape index (κ3) is 2.81. The predicted octanol–water partition coefficient (Wildman–Crippen LogP) is 1.30. The lowest BCUT2D eigenvalue weighted by Gasteiger charge is -2.11. The summed E-state index contributed by atoms with van der Waals surface area (Å²) in [6.45, 7) is 4.42. The largest absolute Gasteiger partial charge is 0.481 e. The Morgan fingerprint density at radius 1 is 1.53 bits per heavy atom. The Bertz CT molecular complexity index is 400. The van der Waals surface area contributed by atoms with E-state index in [-0.39, 0.29) is 5.92 Å². The molecule has 1 aromatic rings. The van der Waals surface area contributed by atoms with Gasteiger partial charge >= 0.3 is 5.97 Å². The van der Waals surface area contributed by atoms with E-state index in [9.17, 15) is 4.79 Å². The molecule has 2 rings (SSSR count). The number of carbonyl (C=O) groups is 1. The van der Waals surface area contributed by atoms with Gasteiger partial charge in [-0.2, -0.15) is 0 Å². The molecular formula is C11H18N4O2. The van der Waals surface area contributed by atoms with Gasteiger partial charge in [0.1, 0.15) is 0 Å². The fourth-order valence-corrected chi connectivity index (χ4v) is 1.94. The average molecular weight is 238 g/mol. The van der Waals surface area contributed by atoms with Gasteiger partial charge in [0.15, 0.2) is 5.82 Å². The second-order valence-electron chi connectivity index (χ2n) is 4.91. The number of carboxylic acids is 1. The minimum atomic E-state index is -0.769. The maximum absolute atomic E-state index is 10.7. The summed E-state index contributed by atoms with van der Waals surface area (Å²) in [7, 11) is 0. The lowest BCUT2D eigenvalue weighted by Crippen LogP contribution is -2.16. The standard InChI is InChI=1S/C11H18N4O2/c1-7(11(16)17)5-6-15-10(12-13-14-15)8(2)9-3-4-9/h7-9H,3-6H2,1-2H3,(H,16,17). The van der Waals surface area contributed by atoms with Gasteiger partial charge in [-0.1, -0.05) is 13.8 Å². The van der Waals surface area contributed by atoms with Gasteiger partial charge in [0, 0.05) is 12.5 Å². The maximum Gasteiger partial charge on any atom is 0.306 e. The third-order valence-electron chi connectivity index (χ3n) is 3.49. The number of aryl methyl sites for hydroxylation is 1. The van der Waals surface area contributed by atoms with Crippen molar-refractivity contribution in [2.75, 3.05) is 0 Å². The number of hydrogen-bond acceptors (Lipinski definition) is 4. The molecule has 0 bridgehead atoms. The molecule has 0 radical (unpaired) electrons. The van der Waals surface area contributed by atoms with Gasteiger partial charge in [0.25, 0.3) is 0 Å². The molecule has 0 aromatic carbocycles. The molecule has 2 unspecified atom stereocenters. The third-order valence-corrected chi connectivity index (χ3v) is 3.49. The van der Waals surface area contributed by atoms with Crippen LogP contribution in [-0.2, 0) is 11.3 Å². The molecule has 1 aliphatic carbocycles. The van der Waals surface area contributed by atoms with E-state index >= 15 is 0 Å². The number of tetrazole rings is 1. The van der Waals surface area contributed by atoms with Crippen molar-refractivity contribution in [3.63, 3.8) is 0 Å². The fraction of sp³-hybridized carbons (Fsp3) is 0.818. The smallest absolute Gasteiger partial charge is 0.306 e. The van der Waals surface area contributed by atoms with Crippen molar-refractivity contribution in [1.29, 1.82) is 0 Å². The molecule has 1 aromatic heterocycles.